The van der Waals surface area contributed by atoms with Crippen LogP contribution in [0, 0.1) is 16.0 Å². The van der Waals surface area contributed by atoms with Crippen molar-refractivity contribution >= 4 is 5.69 Å². The highest BCUT2D eigenvalue weighted by Crippen LogP contribution is 2.18. The molecule has 0 bridgehead atoms. The zero-order valence-corrected chi connectivity index (χ0v) is 12.5. The zero-order valence-electron chi connectivity index (χ0n) is 12.5. The van der Waals surface area contributed by atoms with Crippen LogP contribution in [0.2, 0.25) is 0 Å². The van der Waals surface area contributed by atoms with Crippen LogP contribution in [0.4, 0.5) is 5.69 Å². The van der Waals surface area contributed by atoms with Crippen molar-refractivity contribution in [3.05, 3.63) is 46.0 Å². The Bertz CT molecular complexity index is 447. The number of allylic oxidation sites excluding steroid dienone is 2. The van der Waals surface area contributed by atoms with E-state index < -0.39 is 4.92 Å². The number of hydrogen-bond acceptors (Lipinski definition) is 3. The molecule has 110 valence electrons. The number of nitro benzene ring substituents is 1. The number of ether oxygens (including phenoxy) is 1. The van der Waals surface area contributed by atoms with Crippen LogP contribution >= 0.6 is 0 Å². The van der Waals surface area contributed by atoms with Gasteiger partial charge in [0.2, 0.25) is 0 Å². The number of hydrogen-bond donors (Lipinski definition) is 0. The highest BCUT2D eigenvalue weighted by molar-refractivity contribution is 5.35. The Balaban J connectivity index is 2.26. The molecule has 4 nitrogen and oxygen atoms in total. The molecule has 0 aromatic heterocycles. The Morgan fingerprint density at radius 2 is 1.95 bits per heavy atom. The van der Waals surface area contributed by atoms with Crippen molar-refractivity contribution in [1.82, 2.24) is 0 Å². The van der Waals surface area contributed by atoms with Gasteiger partial charge in [-0.05, 0) is 51.2 Å². The molecule has 1 aromatic carbocycles. The summed E-state index contributed by atoms with van der Waals surface area (Å²) in [6.45, 7) is 7.09. The van der Waals surface area contributed by atoms with Gasteiger partial charge in [-0.25, -0.2) is 0 Å². The standard InChI is InChI=1S/C16H23NO3/c1-13(2)5-4-6-14(3)11-12-20-16-9-7-15(8-10-16)17(18)19/h5,7-10,14H,4,6,11-12H2,1-3H3. The van der Waals surface area contributed by atoms with Gasteiger partial charge in [-0.2, -0.15) is 0 Å². The van der Waals surface area contributed by atoms with Gasteiger partial charge in [-0.3, -0.25) is 10.1 Å². The van der Waals surface area contributed by atoms with Crippen LogP contribution in [0.25, 0.3) is 0 Å². The normalized spacial score (nSPS) is 11.8. The van der Waals surface area contributed by atoms with E-state index in [1.54, 1.807) is 12.1 Å². The molecule has 0 N–H and O–H groups in total. The molecule has 0 saturated heterocycles. The summed E-state index contributed by atoms with van der Waals surface area (Å²) >= 11 is 0. The van der Waals surface area contributed by atoms with Crippen molar-refractivity contribution in [2.75, 3.05) is 6.61 Å². The smallest absolute Gasteiger partial charge is 0.269 e. The van der Waals surface area contributed by atoms with Crippen LogP contribution < -0.4 is 4.74 Å². The molecule has 0 aliphatic carbocycles. The molecule has 0 fully saturated rings. The first-order valence-electron chi connectivity index (χ1n) is 6.99. The van der Waals surface area contributed by atoms with E-state index in [9.17, 15) is 10.1 Å². The van der Waals surface area contributed by atoms with Gasteiger partial charge in [0, 0.05) is 12.1 Å². The average molecular weight is 277 g/mol. The fourth-order valence-corrected chi connectivity index (χ4v) is 1.84. The Morgan fingerprint density at radius 1 is 1.30 bits per heavy atom. The predicted molar refractivity (Wildman–Crippen MR) is 81.0 cm³/mol. The van der Waals surface area contributed by atoms with Crippen LogP contribution in [-0.2, 0) is 0 Å². The summed E-state index contributed by atoms with van der Waals surface area (Å²) in [6, 6.07) is 6.22. The van der Waals surface area contributed by atoms with E-state index in [0.29, 0.717) is 18.3 Å². The lowest BCUT2D eigenvalue weighted by atomic mass is 10.0. The molecule has 4 heteroatoms. The molecule has 0 spiro atoms. The third-order valence-corrected chi connectivity index (χ3v) is 3.14. The van der Waals surface area contributed by atoms with E-state index in [-0.39, 0.29) is 5.69 Å². The first-order chi connectivity index (χ1) is 9.49. The first kappa shape index (κ1) is 16.2. The summed E-state index contributed by atoms with van der Waals surface area (Å²) in [5, 5.41) is 10.5. The van der Waals surface area contributed by atoms with Crippen LogP contribution in [0.1, 0.15) is 40.0 Å². The number of rotatable bonds is 8. The third kappa shape index (κ3) is 6.36. The summed E-state index contributed by atoms with van der Waals surface area (Å²) in [7, 11) is 0. The summed E-state index contributed by atoms with van der Waals surface area (Å²) < 4.78 is 5.60. The molecule has 0 saturated carbocycles. The minimum atomic E-state index is -0.408. The molecule has 1 unspecified atom stereocenters. The van der Waals surface area contributed by atoms with E-state index in [0.717, 1.165) is 19.3 Å². The van der Waals surface area contributed by atoms with Gasteiger partial charge >= 0.3 is 0 Å². The second-order valence-corrected chi connectivity index (χ2v) is 5.35. The lowest BCUT2D eigenvalue weighted by Crippen LogP contribution is -2.04. The molecule has 1 atom stereocenters. The summed E-state index contributed by atoms with van der Waals surface area (Å²) in [5.41, 5.74) is 1.45. The van der Waals surface area contributed by atoms with Crippen LogP contribution in [0.15, 0.2) is 35.9 Å². The van der Waals surface area contributed by atoms with E-state index >= 15 is 0 Å². The second kappa shape index (κ2) is 8.35. The molecule has 0 amide bonds. The van der Waals surface area contributed by atoms with Crippen molar-refractivity contribution in [3.63, 3.8) is 0 Å². The molecular formula is C16H23NO3. The quantitative estimate of drug-likeness (QED) is 0.391. The molecule has 0 heterocycles. The van der Waals surface area contributed by atoms with Crippen molar-refractivity contribution in [1.29, 1.82) is 0 Å². The number of nitro groups is 1. The first-order valence-corrected chi connectivity index (χ1v) is 6.99. The van der Waals surface area contributed by atoms with Gasteiger partial charge in [-0.1, -0.05) is 18.6 Å². The molecule has 0 radical (unpaired) electrons. The van der Waals surface area contributed by atoms with Gasteiger partial charge in [0.05, 0.1) is 11.5 Å². The van der Waals surface area contributed by atoms with Crippen molar-refractivity contribution in [2.24, 2.45) is 5.92 Å². The second-order valence-electron chi connectivity index (χ2n) is 5.35. The number of nitrogens with zero attached hydrogens (tertiary/aromatic N) is 1. The minimum Gasteiger partial charge on any atom is -0.494 e. The van der Waals surface area contributed by atoms with Gasteiger partial charge < -0.3 is 4.74 Å². The fraction of sp³-hybridized carbons (Fsp3) is 0.500. The minimum absolute atomic E-state index is 0.0902. The van der Waals surface area contributed by atoms with Crippen molar-refractivity contribution < 1.29 is 9.66 Å². The largest absolute Gasteiger partial charge is 0.494 e. The van der Waals surface area contributed by atoms with Gasteiger partial charge in [0.1, 0.15) is 5.75 Å². The van der Waals surface area contributed by atoms with E-state index in [4.69, 9.17) is 4.74 Å². The number of non-ortho nitro benzene ring substituents is 1. The van der Waals surface area contributed by atoms with Crippen LogP contribution in [0.3, 0.4) is 0 Å². The fourth-order valence-electron chi connectivity index (χ4n) is 1.84. The zero-order chi connectivity index (χ0) is 15.0. The Hall–Kier alpha value is -1.84. The van der Waals surface area contributed by atoms with E-state index in [1.165, 1.54) is 17.7 Å². The average Bonchev–Trinajstić information content (AvgIpc) is 2.39. The number of benzene rings is 1. The third-order valence-electron chi connectivity index (χ3n) is 3.14. The van der Waals surface area contributed by atoms with Crippen LogP contribution in [-0.4, -0.2) is 11.5 Å². The Morgan fingerprint density at radius 3 is 2.50 bits per heavy atom. The lowest BCUT2D eigenvalue weighted by molar-refractivity contribution is -0.384. The molecule has 0 aliphatic rings. The molecular weight excluding hydrogens is 254 g/mol. The highest BCUT2D eigenvalue weighted by Gasteiger charge is 2.05. The monoisotopic (exact) mass is 277 g/mol. The molecule has 0 aliphatic heterocycles. The van der Waals surface area contributed by atoms with Crippen LogP contribution in [0.5, 0.6) is 5.75 Å². The molecule has 1 aromatic rings. The van der Waals surface area contributed by atoms with E-state index in [1.807, 2.05) is 0 Å². The highest BCUT2D eigenvalue weighted by atomic mass is 16.6. The lowest BCUT2D eigenvalue weighted by Gasteiger charge is -2.11. The SMILES string of the molecule is CC(C)=CCCC(C)CCOc1ccc([N+](=O)[O-])cc1. The maximum absolute atomic E-state index is 10.5. The summed E-state index contributed by atoms with van der Waals surface area (Å²) in [5.74, 6) is 1.30. The van der Waals surface area contributed by atoms with Gasteiger partial charge in [0.15, 0.2) is 0 Å². The maximum Gasteiger partial charge on any atom is 0.269 e. The van der Waals surface area contributed by atoms with Crippen molar-refractivity contribution in [3.8, 4) is 5.75 Å². The van der Waals surface area contributed by atoms with Gasteiger partial charge in [-0.15, -0.1) is 0 Å². The Kier molecular flexibility index (Phi) is 6.77. The maximum atomic E-state index is 10.5. The summed E-state index contributed by atoms with van der Waals surface area (Å²) in [4.78, 5) is 10.1. The van der Waals surface area contributed by atoms with E-state index in [2.05, 4.69) is 26.8 Å². The van der Waals surface area contributed by atoms with Gasteiger partial charge in [0.25, 0.3) is 5.69 Å². The topological polar surface area (TPSA) is 52.4 Å². The molecule has 20 heavy (non-hydrogen) atoms. The summed E-state index contributed by atoms with van der Waals surface area (Å²) in [6.07, 6.45) is 5.52. The molecule has 1 rings (SSSR count). The van der Waals surface area contributed by atoms with Crippen molar-refractivity contribution in [2.45, 2.75) is 40.0 Å². The predicted octanol–water partition coefficient (Wildman–Crippen LogP) is 4.75. The Labute approximate surface area is 120 Å².